The second kappa shape index (κ2) is 21.1. The molecule has 0 radical (unpaired) electrons. The normalized spacial score (nSPS) is 12.6. The number of carbonyl (C=O) groups excluding carboxylic acids is 1. The zero-order valence-corrected chi connectivity index (χ0v) is 26.4. The maximum Gasteiger partial charge on any atom is 0.213 e. The van der Waals surface area contributed by atoms with Crippen LogP contribution in [0.4, 0.5) is 4.39 Å². The number of ketones is 1. The molecule has 1 aliphatic heterocycles. The maximum absolute atomic E-state index is 13.1. The summed E-state index contributed by atoms with van der Waals surface area (Å²) >= 11 is 2.01. The van der Waals surface area contributed by atoms with E-state index in [2.05, 4.69) is 77.0 Å². The van der Waals surface area contributed by atoms with Crippen LogP contribution in [0.2, 0.25) is 0 Å². The lowest BCUT2D eigenvalue weighted by atomic mass is 10.1. The van der Waals surface area contributed by atoms with E-state index in [1.165, 1.54) is 48.2 Å². The second-order valence-electron chi connectivity index (χ2n) is 10.3. The van der Waals surface area contributed by atoms with E-state index in [4.69, 9.17) is 4.74 Å². The Balaban J connectivity index is 0. The SMILES string of the molecule is CC(C)=O.CC(C)C.CCCc1cc(OCC)ncc1F.CNC1(C)CSC1.Cc1ccc(C)c(C)c1. The highest BCUT2D eigenvalue weighted by atomic mass is 32.2. The smallest absolute Gasteiger partial charge is 0.213 e. The zero-order chi connectivity index (χ0) is 29.0. The number of benzene rings is 1. The fourth-order valence-electron chi connectivity index (χ4n) is 2.59. The maximum atomic E-state index is 13.1. The van der Waals surface area contributed by atoms with Gasteiger partial charge in [0.15, 0.2) is 0 Å². The number of nitrogens with zero attached hydrogens (tertiary/aromatic N) is 1. The molecule has 1 aromatic carbocycles. The van der Waals surface area contributed by atoms with E-state index in [1.54, 1.807) is 6.07 Å². The fourth-order valence-corrected chi connectivity index (χ4v) is 3.70. The monoisotopic (exact) mass is 536 g/mol. The van der Waals surface area contributed by atoms with Gasteiger partial charge in [-0.15, -0.1) is 0 Å². The standard InChI is InChI=1S/C10H14FNO.C9H12.C5H11NS.C4H10.C3H6O/c1-3-5-8-6-10(13-4-2)12-7-9(8)11;1-7-4-5-8(2)9(3)6-7;1-5(6-2)3-7-4-5;1-4(2)3;1-3(2)4/h6-7H,3-5H2,1-2H3;4-6H,1-3H3;6H,3-4H2,1-2H3;4H,1-3H3;1-2H3. The molecule has 37 heavy (non-hydrogen) atoms. The third kappa shape index (κ3) is 20.8. The van der Waals surface area contributed by atoms with Gasteiger partial charge in [-0.2, -0.15) is 11.8 Å². The Morgan fingerprint density at radius 1 is 1.11 bits per heavy atom. The lowest BCUT2D eigenvalue weighted by Gasteiger charge is -2.37. The third-order valence-corrected chi connectivity index (χ3v) is 6.51. The lowest BCUT2D eigenvalue weighted by molar-refractivity contribution is -0.115. The highest BCUT2D eigenvalue weighted by Crippen LogP contribution is 2.27. The molecular formula is C31H53FN2O2S. The zero-order valence-electron chi connectivity index (χ0n) is 25.5. The quantitative estimate of drug-likeness (QED) is 0.418. The number of ether oxygens (including phenoxy) is 1. The number of carbonyl (C=O) groups is 1. The van der Waals surface area contributed by atoms with Gasteiger partial charge >= 0.3 is 0 Å². The molecule has 0 aliphatic carbocycles. The number of pyridine rings is 1. The predicted octanol–water partition coefficient (Wildman–Crippen LogP) is 8.15. The number of aryl methyl sites for hydroxylation is 4. The highest BCUT2D eigenvalue weighted by Gasteiger charge is 2.29. The molecule has 0 unspecified atom stereocenters. The van der Waals surface area contributed by atoms with Gasteiger partial charge in [-0.1, -0.05) is 57.9 Å². The Hall–Kier alpha value is -1.92. The van der Waals surface area contributed by atoms with Crippen LogP contribution in [0.3, 0.4) is 0 Å². The average molecular weight is 537 g/mol. The van der Waals surface area contributed by atoms with Crippen LogP contribution >= 0.6 is 11.8 Å². The van der Waals surface area contributed by atoms with Crippen LogP contribution < -0.4 is 10.1 Å². The van der Waals surface area contributed by atoms with Crippen molar-refractivity contribution in [2.75, 3.05) is 25.2 Å². The summed E-state index contributed by atoms with van der Waals surface area (Å²) in [6.45, 7) is 22.7. The van der Waals surface area contributed by atoms with Gasteiger partial charge in [-0.3, -0.25) is 0 Å². The van der Waals surface area contributed by atoms with E-state index in [-0.39, 0.29) is 11.6 Å². The van der Waals surface area contributed by atoms with Crippen molar-refractivity contribution in [3.05, 3.63) is 58.5 Å². The lowest BCUT2D eigenvalue weighted by Crippen LogP contribution is -2.51. The van der Waals surface area contributed by atoms with Crippen LogP contribution in [0, 0.1) is 32.5 Å². The first-order valence-electron chi connectivity index (χ1n) is 13.3. The van der Waals surface area contributed by atoms with Crippen molar-refractivity contribution in [1.29, 1.82) is 0 Å². The summed E-state index contributed by atoms with van der Waals surface area (Å²) in [4.78, 5) is 13.3. The first kappa shape index (κ1) is 37.2. The van der Waals surface area contributed by atoms with E-state index in [1.807, 2.05) is 32.7 Å². The molecule has 2 heterocycles. The van der Waals surface area contributed by atoms with Crippen molar-refractivity contribution in [2.24, 2.45) is 5.92 Å². The van der Waals surface area contributed by atoms with Crippen LogP contribution in [0.25, 0.3) is 0 Å². The van der Waals surface area contributed by atoms with Gasteiger partial charge in [0.25, 0.3) is 0 Å². The van der Waals surface area contributed by atoms with Gasteiger partial charge in [0.2, 0.25) is 5.88 Å². The number of hydrogen-bond donors (Lipinski definition) is 1. The Kier molecular flexibility index (Phi) is 21.2. The molecular weight excluding hydrogens is 483 g/mol. The van der Waals surface area contributed by atoms with Crippen molar-refractivity contribution >= 4 is 17.5 Å². The number of thioether (sulfide) groups is 1. The Morgan fingerprint density at radius 2 is 1.65 bits per heavy atom. The fraction of sp³-hybridized carbons (Fsp3) is 0.613. The minimum atomic E-state index is -0.245. The van der Waals surface area contributed by atoms with E-state index in [0.29, 0.717) is 23.6 Å². The van der Waals surface area contributed by atoms with E-state index in [9.17, 15) is 9.18 Å². The number of aromatic nitrogens is 1. The van der Waals surface area contributed by atoms with Gasteiger partial charge in [0.05, 0.1) is 12.8 Å². The summed E-state index contributed by atoms with van der Waals surface area (Å²) in [5.74, 6) is 3.82. The molecule has 0 saturated carbocycles. The van der Waals surface area contributed by atoms with Crippen LogP contribution in [-0.4, -0.2) is 41.5 Å². The van der Waals surface area contributed by atoms with Crippen molar-refractivity contribution < 1.29 is 13.9 Å². The molecule has 1 aromatic heterocycles. The minimum absolute atomic E-state index is 0.167. The molecule has 1 N–H and O–H groups in total. The van der Waals surface area contributed by atoms with E-state index in [0.717, 1.165) is 18.8 Å². The van der Waals surface area contributed by atoms with Crippen molar-refractivity contribution in [3.63, 3.8) is 0 Å². The van der Waals surface area contributed by atoms with Crippen LogP contribution in [0.1, 0.15) is 84.1 Å². The number of rotatable bonds is 5. The molecule has 0 bridgehead atoms. The Bertz CT molecular complexity index is 871. The van der Waals surface area contributed by atoms with Gasteiger partial charge in [0, 0.05) is 23.1 Å². The molecule has 6 heteroatoms. The number of halogens is 1. The van der Waals surface area contributed by atoms with E-state index >= 15 is 0 Å². The van der Waals surface area contributed by atoms with E-state index < -0.39 is 0 Å². The minimum Gasteiger partial charge on any atom is -0.478 e. The summed E-state index contributed by atoms with van der Waals surface area (Å²) < 4.78 is 18.2. The summed E-state index contributed by atoms with van der Waals surface area (Å²) in [5, 5.41) is 3.26. The van der Waals surface area contributed by atoms with Crippen molar-refractivity contribution in [1.82, 2.24) is 10.3 Å². The van der Waals surface area contributed by atoms with Crippen LogP contribution in [0.15, 0.2) is 30.5 Å². The number of hydrogen-bond acceptors (Lipinski definition) is 5. The molecule has 2 aromatic rings. The molecule has 212 valence electrons. The first-order chi connectivity index (χ1) is 17.2. The van der Waals surface area contributed by atoms with Gasteiger partial charge in [0.1, 0.15) is 11.6 Å². The van der Waals surface area contributed by atoms with Gasteiger partial charge < -0.3 is 14.8 Å². The molecule has 3 rings (SSSR count). The Labute approximate surface area is 231 Å². The summed E-state index contributed by atoms with van der Waals surface area (Å²) in [5.41, 5.74) is 5.26. The molecule has 0 atom stereocenters. The summed E-state index contributed by atoms with van der Waals surface area (Å²) in [6, 6.07) is 8.17. The van der Waals surface area contributed by atoms with Crippen molar-refractivity contribution in [2.45, 2.75) is 94.5 Å². The molecule has 4 nitrogen and oxygen atoms in total. The highest BCUT2D eigenvalue weighted by molar-refractivity contribution is 8.00. The van der Waals surface area contributed by atoms with Crippen molar-refractivity contribution in [3.8, 4) is 5.88 Å². The molecule has 1 fully saturated rings. The van der Waals surface area contributed by atoms with Gasteiger partial charge in [-0.05, 0) is 84.5 Å². The molecule has 1 saturated heterocycles. The van der Waals surface area contributed by atoms with Gasteiger partial charge in [-0.25, -0.2) is 9.37 Å². The predicted molar refractivity (Wildman–Crippen MR) is 162 cm³/mol. The van der Waals surface area contributed by atoms with Crippen LogP contribution in [0.5, 0.6) is 5.88 Å². The Morgan fingerprint density at radius 3 is 1.97 bits per heavy atom. The topological polar surface area (TPSA) is 51.2 Å². The largest absolute Gasteiger partial charge is 0.478 e. The second-order valence-corrected chi connectivity index (χ2v) is 11.3. The molecule has 0 spiro atoms. The summed E-state index contributed by atoms with van der Waals surface area (Å²) in [6.07, 6.45) is 2.87. The molecule has 0 amide bonds. The summed E-state index contributed by atoms with van der Waals surface area (Å²) in [7, 11) is 2.03. The number of nitrogens with one attached hydrogen (secondary N) is 1. The van der Waals surface area contributed by atoms with Crippen LogP contribution in [-0.2, 0) is 11.2 Å². The average Bonchev–Trinajstić information content (AvgIpc) is 2.78. The number of Topliss-reactive ketones (excluding diaryl/α,β-unsaturated/α-hetero) is 1. The first-order valence-corrected chi connectivity index (χ1v) is 14.4. The third-order valence-electron chi connectivity index (χ3n) is 4.83. The molecule has 1 aliphatic rings.